The lowest BCUT2D eigenvalue weighted by molar-refractivity contribution is -0.145. The fourth-order valence-corrected chi connectivity index (χ4v) is 2.45. The topological polar surface area (TPSA) is 157 Å². The van der Waals surface area contributed by atoms with E-state index in [0.29, 0.717) is 0 Å². The van der Waals surface area contributed by atoms with Gasteiger partial charge in [-0.05, 0) is 18.4 Å². The molecular formula is C19H27N3O7. The maximum Gasteiger partial charge on any atom is 0.408 e. The molecule has 5 N–H and O–H groups in total. The Labute approximate surface area is 168 Å². The Hall–Kier alpha value is -3.14. The molecule has 160 valence electrons. The molecule has 1 aromatic carbocycles. The number of hydrogen-bond donors (Lipinski definition) is 4. The van der Waals surface area contributed by atoms with Crippen LogP contribution >= 0.6 is 0 Å². The van der Waals surface area contributed by atoms with Crippen LogP contribution in [0.5, 0.6) is 0 Å². The number of esters is 1. The lowest BCUT2D eigenvalue weighted by Crippen LogP contribution is -2.56. The van der Waals surface area contributed by atoms with Crippen molar-refractivity contribution >= 4 is 23.9 Å². The lowest BCUT2D eigenvalue weighted by atomic mass is 9.97. The molecule has 0 saturated heterocycles. The highest BCUT2D eigenvalue weighted by Crippen LogP contribution is 2.10. The van der Waals surface area contributed by atoms with Crippen LogP contribution in [-0.2, 0) is 30.5 Å². The van der Waals surface area contributed by atoms with Gasteiger partial charge in [0.25, 0.3) is 0 Å². The molecular weight excluding hydrogens is 382 g/mol. The first-order valence-electron chi connectivity index (χ1n) is 9.11. The summed E-state index contributed by atoms with van der Waals surface area (Å²) in [7, 11) is 0. The molecule has 0 aliphatic heterocycles. The Morgan fingerprint density at radius 1 is 1.10 bits per heavy atom. The summed E-state index contributed by atoms with van der Waals surface area (Å²) in [6.45, 7) is 2.62. The van der Waals surface area contributed by atoms with E-state index in [4.69, 9.17) is 15.2 Å². The van der Waals surface area contributed by atoms with Gasteiger partial charge in [0.1, 0.15) is 18.7 Å². The summed E-state index contributed by atoms with van der Waals surface area (Å²) in [5.74, 6) is -2.90. The fourth-order valence-electron chi connectivity index (χ4n) is 2.45. The van der Waals surface area contributed by atoms with Crippen molar-refractivity contribution in [2.75, 3.05) is 13.2 Å². The van der Waals surface area contributed by atoms with E-state index in [2.05, 4.69) is 10.6 Å². The van der Waals surface area contributed by atoms with Gasteiger partial charge in [-0.25, -0.2) is 4.79 Å². The molecule has 0 aliphatic carbocycles. The average molecular weight is 409 g/mol. The number of carbonyl (C=O) groups is 4. The van der Waals surface area contributed by atoms with Crippen molar-refractivity contribution in [1.29, 1.82) is 0 Å². The highest BCUT2D eigenvalue weighted by Gasteiger charge is 2.30. The maximum absolute atomic E-state index is 12.3. The molecule has 1 aromatic rings. The molecule has 3 amide bonds. The third-order valence-corrected chi connectivity index (χ3v) is 3.97. The van der Waals surface area contributed by atoms with E-state index in [-0.39, 0.29) is 19.6 Å². The van der Waals surface area contributed by atoms with E-state index in [1.807, 2.05) is 6.07 Å². The molecule has 0 spiro atoms. The summed E-state index contributed by atoms with van der Waals surface area (Å²) in [6, 6.07) is 6.33. The SMILES string of the molecule is CCOC(=O)C[C@H](C)[C@@H](NC(=O)[C@H](CO)NC(=O)OCc1ccccc1)C(N)=O. The summed E-state index contributed by atoms with van der Waals surface area (Å²) in [4.78, 5) is 47.5. The first-order valence-corrected chi connectivity index (χ1v) is 9.11. The van der Waals surface area contributed by atoms with Crippen LogP contribution in [0.1, 0.15) is 25.8 Å². The van der Waals surface area contributed by atoms with Gasteiger partial charge < -0.3 is 30.9 Å². The highest BCUT2D eigenvalue weighted by molar-refractivity contribution is 5.91. The van der Waals surface area contributed by atoms with Crippen LogP contribution in [0.25, 0.3) is 0 Å². The number of primary amides is 1. The molecule has 0 bridgehead atoms. The van der Waals surface area contributed by atoms with Gasteiger partial charge in [0.2, 0.25) is 11.8 Å². The monoisotopic (exact) mass is 409 g/mol. The number of carbonyl (C=O) groups excluding carboxylic acids is 4. The molecule has 10 nitrogen and oxygen atoms in total. The van der Waals surface area contributed by atoms with Crippen molar-refractivity contribution in [1.82, 2.24) is 10.6 Å². The number of rotatable bonds is 11. The van der Waals surface area contributed by atoms with Gasteiger partial charge in [-0.2, -0.15) is 0 Å². The fraction of sp³-hybridized carbons (Fsp3) is 0.474. The zero-order valence-electron chi connectivity index (χ0n) is 16.4. The number of aliphatic hydroxyl groups is 1. The van der Waals surface area contributed by atoms with Crippen molar-refractivity contribution in [3.8, 4) is 0 Å². The van der Waals surface area contributed by atoms with Crippen LogP contribution in [0.15, 0.2) is 30.3 Å². The van der Waals surface area contributed by atoms with Crippen LogP contribution < -0.4 is 16.4 Å². The Kier molecular flexibility index (Phi) is 10.2. The molecule has 3 atom stereocenters. The first-order chi connectivity index (χ1) is 13.8. The van der Waals surface area contributed by atoms with Crippen molar-refractivity contribution in [2.45, 2.75) is 39.0 Å². The minimum absolute atomic E-state index is 0.0209. The van der Waals surface area contributed by atoms with Crippen molar-refractivity contribution in [3.63, 3.8) is 0 Å². The zero-order chi connectivity index (χ0) is 21.8. The smallest absolute Gasteiger partial charge is 0.408 e. The summed E-state index contributed by atoms with van der Waals surface area (Å²) in [6.07, 6.45) is -1.06. The number of hydrogen-bond acceptors (Lipinski definition) is 7. The summed E-state index contributed by atoms with van der Waals surface area (Å²) >= 11 is 0. The van der Waals surface area contributed by atoms with Crippen LogP contribution in [0.2, 0.25) is 0 Å². The molecule has 0 fully saturated rings. The second-order valence-corrected chi connectivity index (χ2v) is 6.32. The number of amides is 3. The van der Waals surface area contributed by atoms with Gasteiger partial charge in [0.05, 0.1) is 19.6 Å². The Morgan fingerprint density at radius 2 is 1.76 bits per heavy atom. The van der Waals surface area contributed by atoms with E-state index < -0.39 is 48.5 Å². The molecule has 1 rings (SSSR count). The Balaban J connectivity index is 2.62. The van der Waals surface area contributed by atoms with Crippen molar-refractivity contribution in [3.05, 3.63) is 35.9 Å². The number of ether oxygens (including phenoxy) is 2. The number of alkyl carbamates (subject to hydrolysis) is 1. The maximum atomic E-state index is 12.3. The van der Waals surface area contributed by atoms with E-state index in [9.17, 15) is 24.3 Å². The van der Waals surface area contributed by atoms with Gasteiger partial charge in [-0.3, -0.25) is 14.4 Å². The lowest BCUT2D eigenvalue weighted by Gasteiger charge is -2.24. The standard InChI is InChI=1S/C19H27N3O7/c1-3-28-15(24)9-12(2)16(17(20)25)22-18(26)14(10-23)21-19(27)29-11-13-7-5-4-6-8-13/h4-8,12,14,16,23H,3,9-11H2,1-2H3,(H2,20,25)(H,21,27)(H,22,26)/t12-,14-,16+/m0/s1. The van der Waals surface area contributed by atoms with Gasteiger partial charge in [0, 0.05) is 0 Å². The zero-order valence-corrected chi connectivity index (χ0v) is 16.4. The minimum atomic E-state index is -1.37. The van der Waals surface area contributed by atoms with Gasteiger partial charge in [0.15, 0.2) is 0 Å². The van der Waals surface area contributed by atoms with Crippen molar-refractivity contribution < 1.29 is 33.8 Å². The summed E-state index contributed by atoms with van der Waals surface area (Å²) in [5.41, 5.74) is 6.05. The number of nitrogens with two attached hydrogens (primary N) is 1. The Morgan fingerprint density at radius 3 is 2.31 bits per heavy atom. The molecule has 29 heavy (non-hydrogen) atoms. The minimum Gasteiger partial charge on any atom is -0.466 e. The number of nitrogens with one attached hydrogen (secondary N) is 2. The Bertz CT molecular complexity index is 696. The first kappa shape index (κ1) is 23.9. The predicted molar refractivity (Wildman–Crippen MR) is 102 cm³/mol. The normalized spacial score (nSPS) is 13.5. The van der Waals surface area contributed by atoms with Crippen LogP contribution in [-0.4, -0.2) is 54.3 Å². The van der Waals surface area contributed by atoms with Crippen LogP contribution in [0.4, 0.5) is 4.79 Å². The van der Waals surface area contributed by atoms with E-state index in [1.54, 1.807) is 38.1 Å². The number of aliphatic hydroxyl groups excluding tert-OH is 1. The predicted octanol–water partition coefficient (Wildman–Crippen LogP) is -0.167. The molecule has 0 saturated carbocycles. The summed E-state index contributed by atoms with van der Waals surface area (Å²) < 4.78 is 9.81. The van der Waals surface area contributed by atoms with E-state index in [0.717, 1.165) is 5.56 Å². The largest absolute Gasteiger partial charge is 0.466 e. The summed E-state index contributed by atoms with van der Waals surface area (Å²) in [5, 5.41) is 14.0. The molecule has 0 radical (unpaired) electrons. The van der Waals surface area contributed by atoms with Gasteiger partial charge in [-0.15, -0.1) is 0 Å². The van der Waals surface area contributed by atoms with Crippen LogP contribution in [0.3, 0.4) is 0 Å². The van der Waals surface area contributed by atoms with Crippen molar-refractivity contribution in [2.24, 2.45) is 11.7 Å². The highest BCUT2D eigenvalue weighted by atomic mass is 16.5. The molecule has 0 aromatic heterocycles. The molecule has 0 unspecified atom stereocenters. The van der Waals surface area contributed by atoms with Gasteiger partial charge in [-0.1, -0.05) is 37.3 Å². The third-order valence-electron chi connectivity index (χ3n) is 3.97. The van der Waals surface area contributed by atoms with Gasteiger partial charge >= 0.3 is 12.1 Å². The third kappa shape index (κ3) is 8.60. The van der Waals surface area contributed by atoms with E-state index >= 15 is 0 Å². The molecule has 0 aliphatic rings. The molecule has 0 heterocycles. The van der Waals surface area contributed by atoms with E-state index in [1.165, 1.54) is 0 Å². The second-order valence-electron chi connectivity index (χ2n) is 6.32. The second kappa shape index (κ2) is 12.3. The quantitative estimate of drug-likeness (QED) is 0.370. The average Bonchev–Trinajstić information content (AvgIpc) is 2.69. The molecule has 10 heteroatoms. The van der Waals surface area contributed by atoms with Crippen LogP contribution in [0, 0.1) is 5.92 Å². The number of benzene rings is 1.